The van der Waals surface area contributed by atoms with E-state index in [0.29, 0.717) is 18.4 Å². The Morgan fingerprint density at radius 3 is 2.45 bits per heavy atom. The Bertz CT molecular complexity index is 411. The van der Waals surface area contributed by atoms with Crippen LogP contribution in [0.2, 0.25) is 0 Å². The first-order chi connectivity index (χ1) is 9.31. The van der Waals surface area contributed by atoms with E-state index in [1.165, 1.54) is 0 Å². The van der Waals surface area contributed by atoms with Crippen LogP contribution in [-0.4, -0.2) is 30.0 Å². The van der Waals surface area contributed by atoms with E-state index < -0.39 is 5.60 Å². The first-order valence-electron chi connectivity index (χ1n) is 7.16. The van der Waals surface area contributed by atoms with Gasteiger partial charge in [0.1, 0.15) is 6.61 Å². The van der Waals surface area contributed by atoms with Crippen LogP contribution in [0.25, 0.3) is 0 Å². The summed E-state index contributed by atoms with van der Waals surface area (Å²) in [5.74, 6) is 1.39. The van der Waals surface area contributed by atoms with Crippen molar-refractivity contribution in [3.05, 3.63) is 23.8 Å². The van der Waals surface area contributed by atoms with Gasteiger partial charge >= 0.3 is 0 Å². The second kappa shape index (κ2) is 7.50. The third kappa shape index (κ3) is 6.26. The van der Waals surface area contributed by atoms with Crippen LogP contribution in [0.3, 0.4) is 0 Å². The lowest BCUT2D eigenvalue weighted by molar-refractivity contribution is 0.0274. The summed E-state index contributed by atoms with van der Waals surface area (Å²) in [5.41, 5.74) is 0.291. The largest absolute Gasteiger partial charge is 0.490 e. The minimum Gasteiger partial charge on any atom is -0.490 e. The molecule has 0 atom stereocenters. The molecular formula is C16H27NO3. The van der Waals surface area contributed by atoms with E-state index in [9.17, 15) is 5.11 Å². The van der Waals surface area contributed by atoms with E-state index in [-0.39, 0.29) is 6.61 Å². The Balaban J connectivity index is 2.78. The molecule has 0 aromatic heterocycles. The Morgan fingerprint density at radius 2 is 1.90 bits per heavy atom. The number of hydrogen-bond donors (Lipinski definition) is 2. The molecule has 2 N–H and O–H groups in total. The van der Waals surface area contributed by atoms with Crippen LogP contribution in [0.4, 0.5) is 0 Å². The Morgan fingerprint density at radius 1 is 1.20 bits per heavy atom. The molecule has 0 amide bonds. The Hall–Kier alpha value is -1.26. The van der Waals surface area contributed by atoms with Gasteiger partial charge in [-0.25, -0.2) is 0 Å². The van der Waals surface area contributed by atoms with Gasteiger partial charge in [0.15, 0.2) is 11.5 Å². The molecule has 0 aliphatic heterocycles. The number of rotatable bonds is 8. The van der Waals surface area contributed by atoms with Gasteiger partial charge in [0.05, 0.1) is 12.2 Å². The molecule has 1 aromatic carbocycles. The van der Waals surface area contributed by atoms with Crippen molar-refractivity contribution in [2.45, 2.75) is 52.8 Å². The van der Waals surface area contributed by atoms with Crippen molar-refractivity contribution < 1.29 is 14.6 Å². The van der Waals surface area contributed by atoms with E-state index >= 15 is 0 Å². The second-order valence-electron chi connectivity index (χ2n) is 5.85. The molecule has 0 fully saturated rings. The average Bonchev–Trinajstić information content (AvgIpc) is 2.34. The molecule has 4 heteroatoms. The normalized spacial score (nSPS) is 11.8. The summed E-state index contributed by atoms with van der Waals surface area (Å²) in [6.45, 7) is 11.2. The molecule has 0 bridgehead atoms. The van der Waals surface area contributed by atoms with E-state index in [0.717, 1.165) is 17.9 Å². The predicted octanol–water partition coefficient (Wildman–Crippen LogP) is 2.73. The minimum atomic E-state index is -0.860. The fourth-order valence-corrected chi connectivity index (χ4v) is 1.63. The van der Waals surface area contributed by atoms with Crippen molar-refractivity contribution in [3.63, 3.8) is 0 Å². The SMILES string of the molecule is CCOc1cc(CNC(C)C)ccc1OCC(C)(C)O. The molecule has 0 saturated carbocycles. The summed E-state index contributed by atoms with van der Waals surface area (Å²) in [6.07, 6.45) is 0. The van der Waals surface area contributed by atoms with Crippen LogP contribution in [0.1, 0.15) is 40.2 Å². The van der Waals surface area contributed by atoms with Crippen LogP contribution in [-0.2, 0) is 6.54 Å². The molecule has 20 heavy (non-hydrogen) atoms. The fraction of sp³-hybridized carbons (Fsp3) is 0.625. The minimum absolute atomic E-state index is 0.233. The van der Waals surface area contributed by atoms with E-state index in [1.807, 2.05) is 25.1 Å². The van der Waals surface area contributed by atoms with Crippen molar-refractivity contribution in [2.24, 2.45) is 0 Å². The van der Waals surface area contributed by atoms with Gasteiger partial charge in [0, 0.05) is 12.6 Å². The van der Waals surface area contributed by atoms with Gasteiger partial charge in [-0.3, -0.25) is 0 Å². The highest BCUT2D eigenvalue weighted by molar-refractivity contribution is 5.43. The van der Waals surface area contributed by atoms with Crippen LogP contribution in [0.5, 0.6) is 11.5 Å². The van der Waals surface area contributed by atoms with Gasteiger partial charge in [-0.05, 0) is 38.5 Å². The average molecular weight is 281 g/mol. The predicted molar refractivity (Wildman–Crippen MR) is 81.4 cm³/mol. The summed E-state index contributed by atoms with van der Waals surface area (Å²) in [4.78, 5) is 0. The monoisotopic (exact) mass is 281 g/mol. The molecule has 0 aliphatic rings. The zero-order valence-corrected chi connectivity index (χ0v) is 13.2. The van der Waals surface area contributed by atoms with Gasteiger partial charge in [-0.15, -0.1) is 0 Å². The van der Waals surface area contributed by atoms with Crippen molar-refractivity contribution in [2.75, 3.05) is 13.2 Å². The van der Waals surface area contributed by atoms with Gasteiger partial charge in [0.25, 0.3) is 0 Å². The van der Waals surface area contributed by atoms with Crippen LogP contribution in [0.15, 0.2) is 18.2 Å². The number of benzene rings is 1. The zero-order valence-electron chi connectivity index (χ0n) is 13.2. The van der Waals surface area contributed by atoms with E-state index in [1.54, 1.807) is 13.8 Å². The maximum Gasteiger partial charge on any atom is 0.161 e. The number of nitrogens with one attached hydrogen (secondary N) is 1. The standard InChI is InChI=1S/C16H27NO3/c1-6-19-15-9-13(10-17-12(2)3)7-8-14(15)20-11-16(4,5)18/h7-9,12,17-18H,6,10-11H2,1-5H3. The first-order valence-corrected chi connectivity index (χ1v) is 7.16. The molecule has 114 valence electrons. The Labute approximate surface area is 122 Å². The van der Waals surface area contributed by atoms with Gasteiger partial charge < -0.3 is 19.9 Å². The smallest absolute Gasteiger partial charge is 0.161 e. The Kier molecular flexibility index (Phi) is 6.30. The number of aliphatic hydroxyl groups is 1. The van der Waals surface area contributed by atoms with Crippen molar-refractivity contribution in [1.82, 2.24) is 5.32 Å². The number of hydrogen-bond acceptors (Lipinski definition) is 4. The summed E-state index contributed by atoms with van der Waals surface area (Å²) in [6, 6.07) is 6.33. The summed E-state index contributed by atoms with van der Waals surface area (Å²) in [7, 11) is 0. The molecule has 1 rings (SSSR count). The molecule has 4 nitrogen and oxygen atoms in total. The van der Waals surface area contributed by atoms with E-state index in [4.69, 9.17) is 9.47 Å². The molecule has 0 heterocycles. The summed E-state index contributed by atoms with van der Waals surface area (Å²) >= 11 is 0. The molecule has 0 radical (unpaired) electrons. The van der Waals surface area contributed by atoms with Crippen molar-refractivity contribution in [1.29, 1.82) is 0 Å². The van der Waals surface area contributed by atoms with Crippen molar-refractivity contribution >= 4 is 0 Å². The quantitative estimate of drug-likeness (QED) is 0.769. The third-order valence-electron chi connectivity index (χ3n) is 2.60. The lowest BCUT2D eigenvalue weighted by Gasteiger charge is -2.20. The topological polar surface area (TPSA) is 50.7 Å². The highest BCUT2D eigenvalue weighted by Gasteiger charge is 2.15. The highest BCUT2D eigenvalue weighted by Crippen LogP contribution is 2.29. The number of ether oxygens (including phenoxy) is 2. The lowest BCUT2D eigenvalue weighted by Crippen LogP contribution is -2.28. The first kappa shape index (κ1) is 16.8. The van der Waals surface area contributed by atoms with Gasteiger partial charge in [0.2, 0.25) is 0 Å². The molecule has 0 saturated heterocycles. The lowest BCUT2D eigenvalue weighted by atomic mass is 10.1. The van der Waals surface area contributed by atoms with E-state index in [2.05, 4.69) is 19.2 Å². The van der Waals surface area contributed by atoms with Crippen LogP contribution in [0, 0.1) is 0 Å². The maximum absolute atomic E-state index is 9.72. The highest BCUT2D eigenvalue weighted by atomic mass is 16.5. The van der Waals surface area contributed by atoms with Gasteiger partial charge in [-0.2, -0.15) is 0 Å². The molecule has 0 unspecified atom stereocenters. The van der Waals surface area contributed by atoms with Gasteiger partial charge in [-0.1, -0.05) is 19.9 Å². The van der Waals surface area contributed by atoms with Crippen LogP contribution < -0.4 is 14.8 Å². The summed E-state index contributed by atoms with van der Waals surface area (Å²) < 4.78 is 11.3. The zero-order chi connectivity index (χ0) is 15.2. The molecule has 0 spiro atoms. The van der Waals surface area contributed by atoms with Crippen molar-refractivity contribution in [3.8, 4) is 11.5 Å². The maximum atomic E-state index is 9.72. The third-order valence-corrected chi connectivity index (χ3v) is 2.60. The molecular weight excluding hydrogens is 254 g/mol. The second-order valence-corrected chi connectivity index (χ2v) is 5.85. The van der Waals surface area contributed by atoms with Crippen LogP contribution >= 0.6 is 0 Å². The molecule has 1 aromatic rings. The summed E-state index contributed by atoms with van der Waals surface area (Å²) in [5, 5.41) is 13.1. The fourth-order valence-electron chi connectivity index (χ4n) is 1.63. The molecule has 0 aliphatic carbocycles.